The van der Waals surface area contributed by atoms with Gasteiger partial charge in [-0.15, -0.1) is 0 Å². The van der Waals surface area contributed by atoms with Crippen LogP contribution in [0.25, 0.3) is 0 Å². The van der Waals surface area contributed by atoms with E-state index in [0.29, 0.717) is 0 Å². The van der Waals surface area contributed by atoms with Crippen LogP contribution in [0.4, 0.5) is 0 Å². The Bertz CT molecular complexity index is 445. The fourth-order valence-electron chi connectivity index (χ4n) is 2.60. The van der Waals surface area contributed by atoms with E-state index in [0.717, 1.165) is 0 Å². The van der Waals surface area contributed by atoms with Crippen molar-refractivity contribution in [2.45, 2.75) is 41.5 Å². The van der Waals surface area contributed by atoms with Crippen LogP contribution in [-0.2, 0) is 19.2 Å². The van der Waals surface area contributed by atoms with E-state index >= 15 is 0 Å². The van der Waals surface area contributed by atoms with Gasteiger partial charge in [0, 0.05) is 11.8 Å². The van der Waals surface area contributed by atoms with E-state index in [2.05, 4.69) is 0 Å². The minimum Gasteiger partial charge on any atom is -0.298 e. The van der Waals surface area contributed by atoms with Crippen molar-refractivity contribution in [3.8, 4) is 0 Å². The van der Waals surface area contributed by atoms with Gasteiger partial charge >= 0.3 is 0 Å². The average Bonchev–Trinajstić information content (AvgIpc) is 2.31. The van der Waals surface area contributed by atoms with E-state index in [1.165, 1.54) is 6.92 Å². The molecular formula is C14H20O4. The quantitative estimate of drug-likeness (QED) is 0.553. The Hall–Kier alpha value is -1.32. The fraction of sp³-hybridized carbons (Fsp3) is 0.714. The standard InChI is InChI=1S/C14H20O4/c1-7(2)11(17)14(6)12(18)10(16)9(15)8(3)13(14,4)5/h7-8H,1-6H3. The van der Waals surface area contributed by atoms with Crippen molar-refractivity contribution in [1.82, 2.24) is 0 Å². The molecule has 4 nitrogen and oxygen atoms in total. The average molecular weight is 252 g/mol. The predicted molar refractivity (Wildman–Crippen MR) is 65.9 cm³/mol. The highest BCUT2D eigenvalue weighted by molar-refractivity contribution is 6.67. The summed E-state index contributed by atoms with van der Waals surface area (Å²) in [6.07, 6.45) is 0. The molecule has 0 aromatic rings. The van der Waals surface area contributed by atoms with Crippen LogP contribution in [-0.4, -0.2) is 23.1 Å². The van der Waals surface area contributed by atoms with Gasteiger partial charge in [0.05, 0.1) is 5.41 Å². The molecular weight excluding hydrogens is 232 g/mol. The predicted octanol–water partition coefficient (Wildman–Crippen LogP) is 1.60. The van der Waals surface area contributed by atoms with Crippen LogP contribution >= 0.6 is 0 Å². The SMILES string of the molecule is CC(C)C(=O)C1(C)C(=O)C(=O)C(=O)C(C)C1(C)C. The second-order valence-corrected chi connectivity index (χ2v) is 6.11. The van der Waals surface area contributed by atoms with Crippen molar-refractivity contribution in [2.24, 2.45) is 22.7 Å². The lowest BCUT2D eigenvalue weighted by Gasteiger charge is -2.48. The highest BCUT2D eigenvalue weighted by Gasteiger charge is 2.63. The van der Waals surface area contributed by atoms with Gasteiger partial charge in [-0.1, -0.05) is 34.6 Å². The van der Waals surface area contributed by atoms with Crippen LogP contribution < -0.4 is 0 Å². The lowest BCUT2D eigenvalue weighted by atomic mass is 9.50. The summed E-state index contributed by atoms with van der Waals surface area (Å²) in [5, 5.41) is 0. The van der Waals surface area contributed by atoms with Crippen molar-refractivity contribution in [2.75, 3.05) is 0 Å². The molecule has 18 heavy (non-hydrogen) atoms. The minimum atomic E-state index is -1.41. The summed E-state index contributed by atoms with van der Waals surface area (Å²) in [6.45, 7) is 9.92. The molecule has 0 radical (unpaired) electrons. The highest BCUT2D eigenvalue weighted by atomic mass is 16.2. The Balaban J connectivity index is 3.49. The molecule has 1 saturated carbocycles. The largest absolute Gasteiger partial charge is 0.298 e. The van der Waals surface area contributed by atoms with Crippen LogP contribution in [0.2, 0.25) is 0 Å². The van der Waals surface area contributed by atoms with Gasteiger partial charge in [0.15, 0.2) is 0 Å². The molecule has 0 amide bonds. The Kier molecular flexibility index (Phi) is 3.36. The van der Waals surface area contributed by atoms with E-state index in [9.17, 15) is 19.2 Å². The Labute approximate surface area is 107 Å². The van der Waals surface area contributed by atoms with Crippen LogP contribution in [0, 0.1) is 22.7 Å². The number of hydrogen-bond acceptors (Lipinski definition) is 4. The third kappa shape index (κ3) is 1.58. The van der Waals surface area contributed by atoms with E-state index in [1.54, 1.807) is 34.6 Å². The third-order valence-electron chi connectivity index (χ3n) is 4.67. The lowest BCUT2D eigenvalue weighted by Crippen LogP contribution is -2.62. The third-order valence-corrected chi connectivity index (χ3v) is 4.67. The van der Waals surface area contributed by atoms with Crippen molar-refractivity contribution in [1.29, 1.82) is 0 Å². The molecule has 1 aliphatic carbocycles. The smallest absolute Gasteiger partial charge is 0.265 e. The van der Waals surface area contributed by atoms with Gasteiger partial charge in [0.2, 0.25) is 11.6 Å². The summed E-state index contributed by atoms with van der Waals surface area (Å²) >= 11 is 0. The maximum atomic E-state index is 12.4. The first-order valence-electron chi connectivity index (χ1n) is 6.16. The molecule has 4 heteroatoms. The molecule has 0 aromatic carbocycles. The molecule has 1 rings (SSSR count). The van der Waals surface area contributed by atoms with Gasteiger partial charge in [-0.3, -0.25) is 19.2 Å². The molecule has 0 aliphatic heterocycles. The Morgan fingerprint density at radius 3 is 1.94 bits per heavy atom. The van der Waals surface area contributed by atoms with Crippen LogP contribution in [0.5, 0.6) is 0 Å². The molecule has 0 aromatic heterocycles. The zero-order valence-corrected chi connectivity index (χ0v) is 11.8. The topological polar surface area (TPSA) is 68.3 Å². The second-order valence-electron chi connectivity index (χ2n) is 6.11. The first kappa shape index (κ1) is 14.7. The molecule has 0 saturated heterocycles. The lowest BCUT2D eigenvalue weighted by molar-refractivity contribution is -0.167. The summed E-state index contributed by atoms with van der Waals surface area (Å²) in [4.78, 5) is 48.0. The molecule has 2 unspecified atom stereocenters. The normalized spacial score (nSPS) is 31.9. The maximum absolute atomic E-state index is 12.4. The second kappa shape index (κ2) is 4.11. The van der Waals surface area contributed by atoms with Crippen molar-refractivity contribution >= 4 is 23.1 Å². The first-order valence-corrected chi connectivity index (χ1v) is 6.16. The van der Waals surface area contributed by atoms with Crippen molar-refractivity contribution < 1.29 is 19.2 Å². The summed E-state index contributed by atoms with van der Waals surface area (Å²) < 4.78 is 0. The van der Waals surface area contributed by atoms with Gasteiger partial charge in [-0.25, -0.2) is 0 Å². The number of carbonyl (C=O) groups excluding carboxylic acids is 4. The van der Waals surface area contributed by atoms with E-state index in [1.807, 2.05) is 0 Å². The zero-order valence-electron chi connectivity index (χ0n) is 11.8. The van der Waals surface area contributed by atoms with Crippen LogP contribution in [0.15, 0.2) is 0 Å². The number of hydrogen-bond donors (Lipinski definition) is 0. The first-order chi connectivity index (χ1) is 7.99. The molecule has 100 valence electrons. The number of carbonyl (C=O) groups is 4. The molecule has 1 fully saturated rings. The number of ketones is 4. The zero-order chi connectivity index (χ0) is 14.5. The van der Waals surface area contributed by atoms with E-state index < -0.39 is 34.1 Å². The van der Waals surface area contributed by atoms with Crippen LogP contribution in [0.1, 0.15) is 41.5 Å². The Morgan fingerprint density at radius 2 is 1.56 bits per heavy atom. The highest BCUT2D eigenvalue weighted by Crippen LogP contribution is 2.50. The maximum Gasteiger partial charge on any atom is 0.265 e. The molecule has 0 heterocycles. The van der Waals surface area contributed by atoms with Crippen LogP contribution in [0.3, 0.4) is 0 Å². The number of Topliss-reactive ketones (excluding diaryl/α,β-unsaturated/α-hetero) is 4. The molecule has 0 spiro atoms. The molecule has 2 atom stereocenters. The van der Waals surface area contributed by atoms with Gasteiger partial charge < -0.3 is 0 Å². The monoisotopic (exact) mass is 252 g/mol. The van der Waals surface area contributed by atoms with Gasteiger partial charge in [-0.2, -0.15) is 0 Å². The van der Waals surface area contributed by atoms with Crippen molar-refractivity contribution in [3.63, 3.8) is 0 Å². The molecule has 1 aliphatic rings. The summed E-state index contributed by atoms with van der Waals surface area (Å²) in [5.41, 5.74) is -2.26. The number of rotatable bonds is 2. The molecule has 0 N–H and O–H groups in total. The Morgan fingerprint density at radius 1 is 1.11 bits per heavy atom. The summed E-state index contributed by atoms with van der Waals surface area (Å²) in [5.74, 6) is -3.82. The van der Waals surface area contributed by atoms with E-state index in [-0.39, 0.29) is 11.7 Å². The fourth-order valence-corrected chi connectivity index (χ4v) is 2.60. The van der Waals surface area contributed by atoms with E-state index in [4.69, 9.17) is 0 Å². The molecule has 0 bridgehead atoms. The van der Waals surface area contributed by atoms with Gasteiger partial charge in [0.1, 0.15) is 5.78 Å². The summed E-state index contributed by atoms with van der Waals surface area (Å²) in [6, 6.07) is 0. The van der Waals surface area contributed by atoms with Gasteiger partial charge in [0.25, 0.3) is 5.78 Å². The summed E-state index contributed by atoms with van der Waals surface area (Å²) in [7, 11) is 0. The van der Waals surface area contributed by atoms with Gasteiger partial charge in [-0.05, 0) is 12.3 Å². The minimum absolute atomic E-state index is 0.273. The van der Waals surface area contributed by atoms with Crippen molar-refractivity contribution in [3.05, 3.63) is 0 Å².